The monoisotopic (exact) mass is 168 g/mol. The summed E-state index contributed by atoms with van der Waals surface area (Å²) >= 11 is 0. The largest absolute Gasteiger partial charge is 0.317 e. The van der Waals surface area contributed by atoms with E-state index in [0.29, 0.717) is 5.78 Å². The first-order valence-electron chi connectivity index (χ1n) is 5.05. The van der Waals surface area contributed by atoms with Gasteiger partial charge in [-0.05, 0) is 25.2 Å². The lowest BCUT2D eigenvalue weighted by Gasteiger charge is -2.48. The quantitative estimate of drug-likeness (QED) is 0.566. The minimum Gasteiger partial charge on any atom is -0.317 e. The number of fused-ring (bicyclic) bond motifs is 3. The van der Waals surface area contributed by atoms with Crippen molar-refractivity contribution in [3.63, 3.8) is 0 Å². The summed E-state index contributed by atoms with van der Waals surface area (Å²) in [7, 11) is 0. The predicted molar refractivity (Wildman–Crippen MR) is 47.8 cm³/mol. The standard InChI is InChI=1S/C10H18NO/c1-9(12)8-11-5-2-10(3-6-11)4-7-11/h10H,2-8H2,1H3/q+1. The Bertz CT molecular complexity index is 178. The van der Waals surface area contributed by atoms with Gasteiger partial charge in [0.05, 0.1) is 19.6 Å². The van der Waals surface area contributed by atoms with E-state index < -0.39 is 0 Å². The van der Waals surface area contributed by atoms with Gasteiger partial charge in [0.25, 0.3) is 0 Å². The van der Waals surface area contributed by atoms with E-state index in [1.165, 1.54) is 38.9 Å². The van der Waals surface area contributed by atoms with Gasteiger partial charge in [-0.15, -0.1) is 0 Å². The summed E-state index contributed by atoms with van der Waals surface area (Å²) in [6.07, 6.45) is 4.11. The number of carbonyl (C=O) groups excluding carboxylic acids is 1. The van der Waals surface area contributed by atoms with Crippen molar-refractivity contribution in [1.29, 1.82) is 0 Å². The fourth-order valence-electron chi connectivity index (χ4n) is 2.85. The molecule has 3 aliphatic heterocycles. The molecule has 0 radical (unpaired) electrons. The first-order chi connectivity index (χ1) is 5.70. The summed E-state index contributed by atoms with van der Waals surface area (Å²) in [5.41, 5.74) is 0. The summed E-state index contributed by atoms with van der Waals surface area (Å²) in [6, 6.07) is 0. The van der Waals surface area contributed by atoms with E-state index in [0.717, 1.165) is 16.9 Å². The SMILES string of the molecule is CC(=O)C[N+]12CCC(CC1)CC2. The van der Waals surface area contributed by atoms with Gasteiger partial charge in [0, 0.05) is 6.92 Å². The van der Waals surface area contributed by atoms with E-state index in [4.69, 9.17) is 0 Å². The first-order valence-corrected chi connectivity index (χ1v) is 5.05. The van der Waals surface area contributed by atoms with Crippen molar-refractivity contribution in [2.75, 3.05) is 26.2 Å². The molecule has 0 aromatic carbocycles. The molecule has 3 aliphatic rings. The Morgan fingerprint density at radius 2 is 1.75 bits per heavy atom. The maximum Gasteiger partial charge on any atom is 0.183 e. The number of Topliss-reactive ketones (excluding diaryl/α,β-unsaturated/α-hetero) is 1. The van der Waals surface area contributed by atoms with Gasteiger partial charge in [-0.2, -0.15) is 0 Å². The molecule has 0 amide bonds. The summed E-state index contributed by atoms with van der Waals surface area (Å²) in [4.78, 5) is 11.1. The van der Waals surface area contributed by atoms with Crippen molar-refractivity contribution >= 4 is 5.78 Å². The van der Waals surface area contributed by atoms with E-state index in [-0.39, 0.29) is 0 Å². The van der Waals surface area contributed by atoms with Crippen molar-refractivity contribution in [3.05, 3.63) is 0 Å². The number of nitrogens with zero attached hydrogens (tertiary/aromatic N) is 1. The molecule has 0 aromatic rings. The van der Waals surface area contributed by atoms with Gasteiger partial charge in [0.15, 0.2) is 5.78 Å². The van der Waals surface area contributed by atoms with Crippen LogP contribution >= 0.6 is 0 Å². The minimum absolute atomic E-state index is 0.371. The smallest absolute Gasteiger partial charge is 0.183 e. The molecule has 0 spiro atoms. The third-order valence-electron chi connectivity index (χ3n) is 3.59. The highest BCUT2D eigenvalue weighted by molar-refractivity contribution is 5.76. The molecule has 0 N–H and O–H groups in total. The lowest BCUT2D eigenvalue weighted by molar-refractivity contribution is -0.935. The van der Waals surface area contributed by atoms with E-state index in [2.05, 4.69) is 0 Å². The average Bonchev–Trinajstić information content (AvgIpc) is 2.05. The van der Waals surface area contributed by atoms with Gasteiger partial charge in [-0.1, -0.05) is 0 Å². The maximum absolute atomic E-state index is 11.1. The second kappa shape index (κ2) is 2.84. The van der Waals surface area contributed by atoms with Crippen molar-refractivity contribution < 1.29 is 9.28 Å². The first kappa shape index (κ1) is 8.24. The second-order valence-electron chi connectivity index (χ2n) is 4.60. The van der Waals surface area contributed by atoms with Crippen LogP contribution in [-0.4, -0.2) is 36.4 Å². The van der Waals surface area contributed by atoms with Crippen molar-refractivity contribution in [3.8, 4) is 0 Å². The molecule has 68 valence electrons. The second-order valence-corrected chi connectivity index (χ2v) is 4.60. The Morgan fingerprint density at radius 3 is 2.17 bits per heavy atom. The summed E-state index contributed by atoms with van der Waals surface area (Å²) in [6.45, 7) is 6.33. The van der Waals surface area contributed by atoms with Crippen LogP contribution in [0.15, 0.2) is 0 Å². The summed E-state index contributed by atoms with van der Waals surface area (Å²) < 4.78 is 1.12. The highest BCUT2D eigenvalue weighted by Crippen LogP contribution is 2.33. The van der Waals surface area contributed by atoms with Crippen LogP contribution in [0.1, 0.15) is 26.2 Å². The van der Waals surface area contributed by atoms with E-state index in [9.17, 15) is 4.79 Å². The molecule has 3 rings (SSSR count). The van der Waals surface area contributed by atoms with Crippen LogP contribution in [0.5, 0.6) is 0 Å². The van der Waals surface area contributed by atoms with Crippen LogP contribution in [0.25, 0.3) is 0 Å². The number of piperidine rings is 3. The van der Waals surface area contributed by atoms with Gasteiger partial charge < -0.3 is 4.48 Å². The van der Waals surface area contributed by atoms with Gasteiger partial charge in [-0.3, -0.25) is 4.79 Å². The number of carbonyl (C=O) groups is 1. The molecule has 3 saturated heterocycles. The fraction of sp³-hybridized carbons (Fsp3) is 0.900. The minimum atomic E-state index is 0.371. The Labute approximate surface area is 74.1 Å². The molecule has 0 aromatic heterocycles. The summed E-state index contributed by atoms with van der Waals surface area (Å²) in [5, 5.41) is 0. The average molecular weight is 168 g/mol. The molecule has 2 nitrogen and oxygen atoms in total. The lowest BCUT2D eigenvalue weighted by atomic mass is 9.85. The Morgan fingerprint density at radius 1 is 1.25 bits per heavy atom. The molecular weight excluding hydrogens is 150 g/mol. The number of hydrogen-bond donors (Lipinski definition) is 0. The molecule has 3 heterocycles. The van der Waals surface area contributed by atoms with Gasteiger partial charge >= 0.3 is 0 Å². The van der Waals surface area contributed by atoms with Crippen LogP contribution in [0, 0.1) is 5.92 Å². The third-order valence-corrected chi connectivity index (χ3v) is 3.59. The molecule has 2 heteroatoms. The Hall–Kier alpha value is -0.370. The van der Waals surface area contributed by atoms with E-state index >= 15 is 0 Å². The van der Waals surface area contributed by atoms with E-state index in [1.54, 1.807) is 6.92 Å². The van der Waals surface area contributed by atoms with Gasteiger partial charge in [0.1, 0.15) is 6.54 Å². The molecule has 12 heavy (non-hydrogen) atoms. The highest BCUT2D eigenvalue weighted by Gasteiger charge is 2.39. The molecule has 0 saturated carbocycles. The Balaban J connectivity index is 2.03. The van der Waals surface area contributed by atoms with Crippen LogP contribution in [0.4, 0.5) is 0 Å². The zero-order chi connectivity index (χ0) is 8.60. The predicted octanol–water partition coefficient (Wildman–Crippen LogP) is 1.21. The zero-order valence-corrected chi connectivity index (χ0v) is 7.88. The lowest BCUT2D eigenvalue weighted by Crippen LogP contribution is -2.59. The van der Waals surface area contributed by atoms with Crippen molar-refractivity contribution in [2.45, 2.75) is 26.2 Å². The highest BCUT2D eigenvalue weighted by atomic mass is 16.1. The molecule has 2 bridgehead atoms. The number of hydrogen-bond acceptors (Lipinski definition) is 1. The van der Waals surface area contributed by atoms with Crippen molar-refractivity contribution in [2.24, 2.45) is 5.92 Å². The van der Waals surface area contributed by atoms with Crippen LogP contribution in [-0.2, 0) is 4.79 Å². The Kier molecular flexibility index (Phi) is 1.95. The van der Waals surface area contributed by atoms with Crippen LogP contribution in [0.2, 0.25) is 0 Å². The topological polar surface area (TPSA) is 17.1 Å². The molecule has 0 aliphatic carbocycles. The molecule has 3 fully saturated rings. The number of quaternary nitrogens is 1. The molecular formula is C10H18NO+. The molecule has 0 unspecified atom stereocenters. The van der Waals surface area contributed by atoms with E-state index in [1.807, 2.05) is 0 Å². The summed E-state index contributed by atoms with van der Waals surface area (Å²) in [5.74, 6) is 1.37. The van der Waals surface area contributed by atoms with Crippen molar-refractivity contribution in [1.82, 2.24) is 0 Å². The van der Waals surface area contributed by atoms with Gasteiger partial charge in [0.2, 0.25) is 0 Å². The van der Waals surface area contributed by atoms with Crippen LogP contribution in [0.3, 0.4) is 0 Å². The maximum atomic E-state index is 11.1. The number of ketones is 1. The normalized spacial score (nSPS) is 39.9. The zero-order valence-electron chi connectivity index (χ0n) is 7.88. The third kappa shape index (κ3) is 1.40. The van der Waals surface area contributed by atoms with Crippen LogP contribution < -0.4 is 0 Å². The molecule has 0 atom stereocenters. The fourth-order valence-corrected chi connectivity index (χ4v) is 2.85. The van der Waals surface area contributed by atoms with Gasteiger partial charge in [-0.25, -0.2) is 0 Å². The number of rotatable bonds is 2.